The molecule has 6 nitrogen and oxygen atoms in total. The summed E-state index contributed by atoms with van der Waals surface area (Å²) in [6.45, 7) is 0. The fraction of sp³-hybridized carbons (Fsp3) is 0.125. The summed E-state index contributed by atoms with van der Waals surface area (Å²) in [6, 6.07) is 2.46. The van der Waals surface area contributed by atoms with Gasteiger partial charge < -0.3 is 5.11 Å². The van der Waals surface area contributed by atoms with Crippen LogP contribution in [0.15, 0.2) is 18.3 Å². The molecule has 0 aromatic carbocycles. The zero-order chi connectivity index (χ0) is 10.6. The molecule has 0 saturated carbocycles. The summed E-state index contributed by atoms with van der Waals surface area (Å²) in [4.78, 5) is 29.7. The highest BCUT2D eigenvalue weighted by Crippen LogP contribution is 2.01. The predicted molar refractivity (Wildman–Crippen MR) is 45.7 cm³/mol. The van der Waals surface area contributed by atoms with Crippen molar-refractivity contribution in [3.63, 3.8) is 0 Å². The van der Waals surface area contributed by atoms with Gasteiger partial charge in [-0.25, -0.2) is 10.3 Å². The molecule has 1 heterocycles. The Hall–Kier alpha value is -1.95. The summed E-state index contributed by atoms with van der Waals surface area (Å²) in [7, 11) is 1.28. The molecule has 0 aliphatic rings. The summed E-state index contributed by atoms with van der Waals surface area (Å²) < 4.78 is 0. The molecule has 0 radical (unpaired) electrons. The second kappa shape index (κ2) is 4.33. The molecule has 0 fully saturated rings. The van der Waals surface area contributed by atoms with Crippen molar-refractivity contribution in [3.8, 4) is 0 Å². The van der Waals surface area contributed by atoms with E-state index >= 15 is 0 Å². The summed E-state index contributed by atoms with van der Waals surface area (Å²) in [6.07, 6.45) is 1.24. The van der Waals surface area contributed by atoms with Crippen LogP contribution in [0, 0.1) is 0 Å². The lowest BCUT2D eigenvalue weighted by atomic mass is 10.2. The number of aromatic nitrogens is 1. The van der Waals surface area contributed by atoms with E-state index in [4.69, 9.17) is 5.11 Å². The molecular weight excluding hydrogens is 188 g/mol. The number of carbonyl (C=O) groups excluding carboxylic acids is 1. The molecule has 1 amide bonds. The van der Waals surface area contributed by atoms with Gasteiger partial charge in [0.25, 0.3) is 5.91 Å². The fourth-order valence-electron chi connectivity index (χ4n) is 0.833. The number of pyridine rings is 1. The number of amides is 1. The summed E-state index contributed by atoms with van der Waals surface area (Å²) in [5, 5.41) is 8.63. The Bertz CT molecular complexity index is 364. The molecule has 6 heteroatoms. The smallest absolute Gasteiger partial charge is 0.335 e. The average Bonchev–Trinajstić information content (AvgIpc) is 2.18. The first-order valence-corrected chi connectivity index (χ1v) is 3.68. The third-order valence-corrected chi connectivity index (χ3v) is 1.43. The van der Waals surface area contributed by atoms with Gasteiger partial charge in [-0.1, -0.05) is 0 Å². The third kappa shape index (κ3) is 2.27. The highest BCUT2D eigenvalue weighted by molar-refractivity contribution is 5.95. The van der Waals surface area contributed by atoms with Crippen LogP contribution >= 0.6 is 0 Å². The van der Waals surface area contributed by atoms with Crippen LogP contribution in [-0.4, -0.2) is 29.1 Å². The van der Waals surface area contributed by atoms with Crippen molar-refractivity contribution in [2.75, 3.05) is 7.11 Å². The Balaban J connectivity index is 2.93. The number of hydrogen-bond acceptors (Lipinski definition) is 4. The lowest BCUT2D eigenvalue weighted by Gasteiger charge is -2.01. The SMILES string of the molecule is CONC(=O)c1cc(C(=O)O)ccn1. The van der Waals surface area contributed by atoms with Crippen LogP contribution in [0.25, 0.3) is 0 Å². The Morgan fingerprint density at radius 1 is 1.57 bits per heavy atom. The van der Waals surface area contributed by atoms with Gasteiger partial charge in [-0.3, -0.25) is 14.6 Å². The molecule has 1 aromatic heterocycles. The van der Waals surface area contributed by atoms with Crippen LogP contribution in [0.5, 0.6) is 0 Å². The van der Waals surface area contributed by atoms with Gasteiger partial charge in [-0.15, -0.1) is 0 Å². The average molecular weight is 196 g/mol. The van der Waals surface area contributed by atoms with E-state index in [1.165, 1.54) is 19.4 Å². The number of carboxylic acid groups (broad SMARTS) is 1. The van der Waals surface area contributed by atoms with Crippen LogP contribution < -0.4 is 5.48 Å². The minimum Gasteiger partial charge on any atom is -0.478 e. The molecule has 0 unspecified atom stereocenters. The molecule has 74 valence electrons. The highest BCUT2D eigenvalue weighted by Gasteiger charge is 2.09. The minimum absolute atomic E-state index is 0.00116. The normalized spacial score (nSPS) is 9.50. The minimum atomic E-state index is -1.11. The van der Waals surface area contributed by atoms with Gasteiger partial charge in [0.15, 0.2) is 0 Å². The number of nitrogens with zero attached hydrogens (tertiary/aromatic N) is 1. The largest absolute Gasteiger partial charge is 0.478 e. The molecule has 0 saturated heterocycles. The molecular formula is C8H8N2O4. The van der Waals surface area contributed by atoms with E-state index < -0.39 is 11.9 Å². The van der Waals surface area contributed by atoms with Crippen LogP contribution in [-0.2, 0) is 4.84 Å². The lowest BCUT2D eigenvalue weighted by Crippen LogP contribution is -2.23. The second-order valence-electron chi connectivity index (χ2n) is 2.37. The van der Waals surface area contributed by atoms with Crippen molar-refractivity contribution < 1.29 is 19.5 Å². The van der Waals surface area contributed by atoms with Crippen molar-refractivity contribution >= 4 is 11.9 Å². The van der Waals surface area contributed by atoms with Gasteiger partial charge in [0, 0.05) is 6.20 Å². The van der Waals surface area contributed by atoms with Gasteiger partial charge in [0.2, 0.25) is 0 Å². The van der Waals surface area contributed by atoms with Gasteiger partial charge in [0.1, 0.15) is 5.69 Å². The number of carbonyl (C=O) groups is 2. The monoisotopic (exact) mass is 196 g/mol. The van der Waals surface area contributed by atoms with Crippen LogP contribution in [0.1, 0.15) is 20.8 Å². The van der Waals surface area contributed by atoms with Crippen molar-refractivity contribution in [1.29, 1.82) is 0 Å². The third-order valence-electron chi connectivity index (χ3n) is 1.43. The zero-order valence-corrected chi connectivity index (χ0v) is 7.35. The first kappa shape index (κ1) is 10.1. The molecule has 14 heavy (non-hydrogen) atoms. The zero-order valence-electron chi connectivity index (χ0n) is 7.35. The Morgan fingerprint density at radius 3 is 2.86 bits per heavy atom. The second-order valence-corrected chi connectivity index (χ2v) is 2.37. The molecule has 1 rings (SSSR count). The molecule has 0 aliphatic heterocycles. The van der Waals surface area contributed by atoms with Crippen LogP contribution in [0.3, 0.4) is 0 Å². The number of rotatable bonds is 3. The van der Waals surface area contributed by atoms with Crippen molar-refractivity contribution in [2.45, 2.75) is 0 Å². The molecule has 0 atom stereocenters. The summed E-state index contributed by atoms with van der Waals surface area (Å²) in [5.74, 6) is -1.70. The van der Waals surface area contributed by atoms with Gasteiger partial charge in [-0.2, -0.15) is 0 Å². The molecule has 0 spiro atoms. The Morgan fingerprint density at radius 2 is 2.29 bits per heavy atom. The van der Waals surface area contributed by atoms with E-state index in [-0.39, 0.29) is 11.3 Å². The molecule has 1 aromatic rings. The van der Waals surface area contributed by atoms with Gasteiger partial charge in [-0.05, 0) is 12.1 Å². The fourth-order valence-corrected chi connectivity index (χ4v) is 0.833. The van der Waals surface area contributed by atoms with E-state index in [0.717, 1.165) is 6.07 Å². The maximum Gasteiger partial charge on any atom is 0.335 e. The van der Waals surface area contributed by atoms with Crippen molar-refractivity contribution in [3.05, 3.63) is 29.6 Å². The topological polar surface area (TPSA) is 88.5 Å². The van der Waals surface area contributed by atoms with Gasteiger partial charge in [0.05, 0.1) is 12.7 Å². The van der Waals surface area contributed by atoms with E-state index in [1.54, 1.807) is 0 Å². The van der Waals surface area contributed by atoms with E-state index in [1.807, 2.05) is 5.48 Å². The maximum absolute atomic E-state index is 11.1. The molecule has 0 aliphatic carbocycles. The standard InChI is InChI=1S/C8H8N2O4/c1-14-10-7(11)6-4-5(8(12)13)2-3-9-6/h2-4H,1H3,(H,10,11)(H,12,13). The summed E-state index contributed by atoms with van der Waals surface area (Å²) in [5.41, 5.74) is 2.03. The predicted octanol–water partition coefficient (Wildman–Crippen LogP) is 0.0710. The number of nitrogens with one attached hydrogen (secondary N) is 1. The Labute approximate surface area is 79.5 Å². The summed E-state index contributed by atoms with van der Waals surface area (Å²) >= 11 is 0. The maximum atomic E-state index is 11.1. The quantitative estimate of drug-likeness (QED) is 0.668. The van der Waals surface area contributed by atoms with E-state index in [2.05, 4.69) is 9.82 Å². The van der Waals surface area contributed by atoms with Crippen LogP contribution in [0.4, 0.5) is 0 Å². The first-order valence-electron chi connectivity index (χ1n) is 3.68. The highest BCUT2D eigenvalue weighted by atomic mass is 16.6. The van der Waals surface area contributed by atoms with E-state index in [0.29, 0.717) is 0 Å². The first-order chi connectivity index (χ1) is 6.65. The van der Waals surface area contributed by atoms with Crippen LogP contribution in [0.2, 0.25) is 0 Å². The van der Waals surface area contributed by atoms with E-state index in [9.17, 15) is 9.59 Å². The molecule has 0 bridgehead atoms. The van der Waals surface area contributed by atoms with Gasteiger partial charge >= 0.3 is 5.97 Å². The number of aromatic carboxylic acids is 1. The Kier molecular flexibility index (Phi) is 3.14. The van der Waals surface area contributed by atoms with Crippen molar-refractivity contribution in [2.24, 2.45) is 0 Å². The number of hydrogen-bond donors (Lipinski definition) is 2. The number of hydroxylamine groups is 1. The lowest BCUT2D eigenvalue weighted by molar-refractivity contribution is 0.0532. The molecule has 2 N–H and O–H groups in total. The van der Waals surface area contributed by atoms with Crippen molar-refractivity contribution in [1.82, 2.24) is 10.5 Å². The number of carboxylic acids is 1.